The highest BCUT2D eigenvalue weighted by atomic mass is 19.1. The maximum atomic E-state index is 14.3. The Hall–Kier alpha value is -1.38. The lowest BCUT2D eigenvalue weighted by molar-refractivity contribution is 0.243. The lowest BCUT2D eigenvalue weighted by Gasteiger charge is -2.30. The number of halogens is 2. The third-order valence-electron chi connectivity index (χ3n) is 7.93. The van der Waals surface area contributed by atoms with Gasteiger partial charge in [0.2, 0.25) is 0 Å². The van der Waals surface area contributed by atoms with E-state index in [-0.39, 0.29) is 5.56 Å². The second-order valence-electron chi connectivity index (χ2n) is 10.1. The fourth-order valence-corrected chi connectivity index (χ4v) is 6.00. The minimum absolute atomic E-state index is 0.0156. The fraction of sp³-hybridized carbons (Fsp3) is 0.714. The first-order valence-electron chi connectivity index (χ1n) is 12.8. The molecule has 0 aliphatic heterocycles. The molecule has 2 fully saturated rings. The van der Waals surface area contributed by atoms with Crippen molar-refractivity contribution in [1.82, 2.24) is 0 Å². The van der Waals surface area contributed by atoms with Gasteiger partial charge in [0.1, 0.15) is 11.6 Å². The largest absolute Gasteiger partial charge is 0.504 e. The van der Waals surface area contributed by atoms with Crippen molar-refractivity contribution in [1.29, 1.82) is 0 Å². The highest BCUT2D eigenvalue weighted by molar-refractivity contribution is 5.51. The van der Waals surface area contributed by atoms with Crippen molar-refractivity contribution >= 4 is 6.08 Å². The number of benzene rings is 1. The van der Waals surface area contributed by atoms with Gasteiger partial charge in [-0.25, -0.2) is 8.78 Å². The Morgan fingerprint density at radius 3 is 1.77 bits per heavy atom. The Labute approximate surface area is 188 Å². The lowest BCUT2D eigenvalue weighted by atomic mass is 9.76. The zero-order valence-electron chi connectivity index (χ0n) is 19.7. The van der Waals surface area contributed by atoms with Gasteiger partial charge in [-0.05, 0) is 73.1 Å². The average Bonchev–Trinajstić information content (AvgIpc) is 2.78. The molecule has 1 aromatic carbocycles. The second kappa shape index (κ2) is 12.6. The van der Waals surface area contributed by atoms with E-state index < -0.39 is 11.6 Å². The number of hydrogen-bond acceptors (Lipinski definition) is 1. The van der Waals surface area contributed by atoms with Gasteiger partial charge in [0.25, 0.3) is 0 Å². The molecule has 0 atom stereocenters. The minimum atomic E-state index is -0.492. The smallest absolute Gasteiger partial charge is 0.133 e. The summed E-state index contributed by atoms with van der Waals surface area (Å²) in [6.07, 6.45) is 21.3. The molecule has 0 spiro atoms. The number of ether oxygens (including phenoxy) is 1. The molecule has 3 rings (SSSR count). The van der Waals surface area contributed by atoms with Gasteiger partial charge in [0.05, 0.1) is 13.4 Å². The molecule has 2 saturated carbocycles. The van der Waals surface area contributed by atoms with E-state index in [1.807, 2.05) is 0 Å². The molecule has 1 aromatic rings. The highest BCUT2D eigenvalue weighted by Crippen LogP contribution is 2.39. The van der Waals surface area contributed by atoms with Gasteiger partial charge in [-0.15, -0.1) is 0 Å². The number of methoxy groups -OCH3 is 1. The van der Waals surface area contributed by atoms with Gasteiger partial charge in [0, 0.05) is 5.56 Å². The standard InChI is InChI=1S/C28H42F2O/c1-3-6-21-9-11-22(12-10-21)7-4-5-8-23-13-15-24(16-14-23)25-19-27(29)26(17-18-31-2)28(30)20-25/h17-24H,3-16H2,1-2H3/t21-,22-,23?,24?. The van der Waals surface area contributed by atoms with Crippen molar-refractivity contribution in [2.75, 3.05) is 7.11 Å². The molecule has 0 heterocycles. The molecule has 0 N–H and O–H groups in total. The van der Waals surface area contributed by atoms with E-state index in [1.165, 1.54) is 109 Å². The highest BCUT2D eigenvalue weighted by Gasteiger charge is 2.24. The van der Waals surface area contributed by atoms with E-state index in [9.17, 15) is 8.78 Å². The molecule has 0 unspecified atom stereocenters. The van der Waals surface area contributed by atoms with Crippen LogP contribution in [0.15, 0.2) is 18.4 Å². The molecule has 2 aliphatic carbocycles. The quantitative estimate of drug-likeness (QED) is 0.265. The summed E-state index contributed by atoms with van der Waals surface area (Å²) in [5, 5.41) is 0. The van der Waals surface area contributed by atoms with Crippen LogP contribution in [0.3, 0.4) is 0 Å². The Morgan fingerprint density at radius 2 is 1.29 bits per heavy atom. The molecule has 2 aliphatic rings. The zero-order valence-corrected chi connectivity index (χ0v) is 19.7. The van der Waals surface area contributed by atoms with Crippen molar-refractivity contribution < 1.29 is 13.5 Å². The zero-order chi connectivity index (χ0) is 22.1. The normalized spacial score (nSPS) is 27.0. The van der Waals surface area contributed by atoms with E-state index >= 15 is 0 Å². The van der Waals surface area contributed by atoms with Crippen molar-refractivity contribution in [3.05, 3.63) is 41.2 Å². The van der Waals surface area contributed by atoms with Crippen LogP contribution in [0, 0.1) is 29.4 Å². The summed E-state index contributed by atoms with van der Waals surface area (Å²) >= 11 is 0. The summed E-state index contributed by atoms with van der Waals surface area (Å²) in [5.41, 5.74) is 0.805. The van der Waals surface area contributed by atoms with Crippen LogP contribution in [-0.4, -0.2) is 7.11 Å². The monoisotopic (exact) mass is 432 g/mol. The van der Waals surface area contributed by atoms with E-state index in [0.29, 0.717) is 5.92 Å². The molecule has 0 aromatic heterocycles. The number of unbranched alkanes of at least 4 members (excludes halogenated alkanes) is 1. The van der Waals surface area contributed by atoms with Crippen molar-refractivity contribution in [3.8, 4) is 0 Å². The van der Waals surface area contributed by atoms with Crippen LogP contribution in [0.25, 0.3) is 6.08 Å². The molecule has 1 nitrogen and oxygen atoms in total. The van der Waals surface area contributed by atoms with Crippen LogP contribution in [-0.2, 0) is 4.74 Å². The van der Waals surface area contributed by atoms with Gasteiger partial charge < -0.3 is 4.74 Å². The molecule has 0 bridgehead atoms. The molecule has 0 amide bonds. The molecular formula is C28H42F2O. The molecule has 0 radical (unpaired) electrons. The van der Waals surface area contributed by atoms with Gasteiger partial charge in [-0.2, -0.15) is 0 Å². The summed E-state index contributed by atoms with van der Waals surface area (Å²) in [7, 11) is 1.47. The van der Waals surface area contributed by atoms with Crippen LogP contribution >= 0.6 is 0 Å². The number of rotatable bonds is 10. The van der Waals surface area contributed by atoms with Crippen LogP contribution < -0.4 is 0 Å². The van der Waals surface area contributed by atoms with Crippen LogP contribution in [0.4, 0.5) is 8.78 Å². The van der Waals surface area contributed by atoms with Crippen LogP contribution in [0.1, 0.15) is 114 Å². The first-order valence-corrected chi connectivity index (χ1v) is 12.8. The van der Waals surface area contributed by atoms with Crippen molar-refractivity contribution in [2.45, 2.75) is 103 Å². The second-order valence-corrected chi connectivity index (χ2v) is 10.1. The molecule has 0 saturated heterocycles. The van der Waals surface area contributed by atoms with Crippen molar-refractivity contribution in [3.63, 3.8) is 0 Å². The van der Waals surface area contributed by atoms with E-state index in [4.69, 9.17) is 4.74 Å². The summed E-state index contributed by atoms with van der Waals surface area (Å²) in [4.78, 5) is 0. The number of hydrogen-bond donors (Lipinski definition) is 0. The SMILES string of the molecule is CCC[C@H]1CC[C@H](CCCCC2CCC(c3cc(F)c(C=COC)c(F)c3)CC2)CC1. The van der Waals surface area contributed by atoms with Crippen molar-refractivity contribution in [2.24, 2.45) is 17.8 Å². The first kappa shape index (κ1) is 24.3. The fourth-order valence-electron chi connectivity index (χ4n) is 6.00. The Kier molecular flexibility index (Phi) is 9.87. The van der Waals surface area contributed by atoms with Gasteiger partial charge in [-0.1, -0.05) is 71.1 Å². The van der Waals surface area contributed by atoms with E-state index in [1.54, 1.807) is 0 Å². The van der Waals surface area contributed by atoms with Crippen LogP contribution in [0.2, 0.25) is 0 Å². The Morgan fingerprint density at radius 1 is 0.806 bits per heavy atom. The predicted octanol–water partition coefficient (Wildman–Crippen LogP) is 9.02. The summed E-state index contributed by atoms with van der Waals surface area (Å²) in [5.74, 6) is 2.10. The van der Waals surface area contributed by atoms with Crippen LogP contribution in [0.5, 0.6) is 0 Å². The summed E-state index contributed by atoms with van der Waals surface area (Å²) in [6.45, 7) is 2.31. The minimum Gasteiger partial charge on any atom is -0.504 e. The molecular weight excluding hydrogens is 390 g/mol. The molecule has 3 heteroatoms. The van der Waals surface area contributed by atoms with E-state index in [2.05, 4.69) is 6.92 Å². The Bertz CT molecular complexity index is 659. The van der Waals surface area contributed by atoms with E-state index in [0.717, 1.165) is 36.2 Å². The average molecular weight is 433 g/mol. The maximum Gasteiger partial charge on any atom is 0.133 e. The summed E-state index contributed by atoms with van der Waals surface area (Å²) < 4.78 is 33.5. The van der Waals surface area contributed by atoms with Gasteiger partial charge in [-0.3, -0.25) is 0 Å². The van der Waals surface area contributed by atoms with Gasteiger partial charge in [0.15, 0.2) is 0 Å². The molecule has 31 heavy (non-hydrogen) atoms. The molecule has 174 valence electrons. The topological polar surface area (TPSA) is 9.23 Å². The Balaban J connectivity index is 1.35. The maximum absolute atomic E-state index is 14.3. The third-order valence-corrected chi connectivity index (χ3v) is 7.93. The lowest BCUT2D eigenvalue weighted by Crippen LogP contribution is -2.15. The first-order chi connectivity index (χ1) is 15.1. The predicted molar refractivity (Wildman–Crippen MR) is 126 cm³/mol. The third kappa shape index (κ3) is 7.32. The summed E-state index contributed by atoms with van der Waals surface area (Å²) in [6, 6.07) is 3.05. The van der Waals surface area contributed by atoms with Gasteiger partial charge >= 0.3 is 0 Å².